The molecule has 0 unspecified atom stereocenters. The van der Waals surface area contributed by atoms with Crippen LogP contribution >= 0.6 is 0 Å². The van der Waals surface area contributed by atoms with Crippen LogP contribution in [-0.2, 0) is 11.2 Å². The molecular formula is C19H25N3O5. The Morgan fingerprint density at radius 1 is 1.19 bits per heavy atom. The van der Waals surface area contributed by atoms with E-state index < -0.39 is 0 Å². The molecule has 1 saturated heterocycles. The van der Waals surface area contributed by atoms with Gasteiger partial charge in [0.2, 0.25) is 5.89 Å². The number of amides is 1. The maximum absolute atomic E-state index is 12.8. The Morgan fingerprint density at radius 3 is 2.41 bits per heavy atom. The first-order valence-corrected chi connectivity index (χ1v) is 9.02. The van der Waals surface area contributed by atoms with Gasteiger partial charge in [-0.15, -0.1) is 0 Å². The molecule has 1 fully saturated rings. The van der Waals surface area contributed by atoms with E-state index >= 15 is 0 Å². The van der Waals surface area contributed by atoms with Crippen molar-refractivity contribution >= 4 is 5.91 Å². The molecule has 1 aromatic heterocycles. The van der Waals surface area contributed by atoms with Crippen molar-refractivity contribution in [1.82, 2.24) is 15.0 Å². The molecule has 0 saturated carbocycles. The van der Waals surface area contributed by atoms with Gasteiger partial charge in [0.05, 0.1) is 26.9 Å². The first-order chi connectivity index (χ1) is 13.1. The van der Waals surface area contributed by atoms with Gasteiger partial charge in [-0.2, -0.15) is 4.98 Å². The largest absolute Gasteiger partial charge is 0.497 e. The molecule has 2 heterocycles. The molecule has 27 heavy (non-hydrogen) atoms. The SMILES string of the molecule is COc1cc(OC)cc(C(=O)N2CCC(OCCc3noc(C)n3)CC2)c1. The predicted molar refractivity (Wildman–Crippen MR) is 97.2 cm³/mol. The monoisotopic (exact) mass is 375 g/mol. The number of likely N-dealkylation sites (tertiary alicyclic amines) is 1. The maximum atomic E-state index is 12.8. The topological polar surface area (TPSA) is 86.9 Å². The summed E-state index contributed by atoms with van der Waals surface area (Å²) in [6.45, 7) is 3.63. The fourth-order valence-corrected chi connectivity index (χ4v) is 3.10. The van der Waals surface area contributed by atoms with E-state index in [1.54, 1.807) is 39.3 Å². The van der Waals surface area contributed by atoms with Crippen LogP contribution in [0.25, 0.3) is 0 Å². The summed E-state index contributed by atoms with van der Waals surface area (Å²) in [5.74, 6) is 2.41. The molecule has 1 amide bonds. The third-order valence-electron chi connectivity index (χ3n) is 4.58. The van der Waals surface area contributed by atoms with Gasteiger partial charge in [0.15, 0.2) is 5.82 Å². The van der Waals surface area contributed by atoms with Gasteiger partial charge < -0.3 is 23.6 Å². The van der Waals surface area contributed by atoms with Crippen molar-refractivity contribution in [2.45, 2.75) is 32.3 Å². The minimum absolute atomic E-state index is 0.0204. The number of carbonyl (C=O) groups is 1. The Bertz CT molecular complexity index is 746. The van der Waals surface area contributed by atoms with Crippen LogP contribution in [0.15, 0.2) is 22.7 Å². The standard InChI is InChI=1S/C19H25N3O5/c1-13-20-18(21-27-13)6-9-26-15-4-7-22(8-5-15)19(23)14-10-16(24-2)12-17(11-14)25-3/h10-12,15H,4-9H2,1-3H3. The highest BCUT2D eigenvalue weighted by Crippen LogP contribution is 2.24. The number of aryl methyl sites for hydroxylation is 1. The third-order valence-corrected chi connectivity index (χ3v) is 4.58. The van der Waals surface area contributed by atoms with E-state index in [0.717, 1.165) is 12.8 Å². The number of methoxy groups -OCH3 is 2. The van der Waals surface area contributed by atoms with E-state index in [-0.39, 0.29) is 12.0 Å². The molecule has 0 spiro atoms. The second-order valence-electron chi connectivity index (χ2n) is 6.44. The summed E-state index contributed by atoms with van der Waals surface area (Å²) in [5, 5.41) is 3.86. The van der Waals surface area contributed by atoms with Crippen molar-refractivity contribution in [2.24, 2.45) is 0 Å². The van der Waals surface area contributed by atoms with Crippen LogP contribution in [0.2, 0.25) is 0 Å². The van der Waals surface area contributed by atoms with Crippen LogP contribution in [-0.4, -0.2) is 61.0 Å². The lowest BCUT2D eigenvalue weighted by molar-refractivity contribution is 0.00945. The Morgan fingerprint density at radius 2 is 1.85 bits per heavy atom. The van der Waals surface area contributed by atoms with Gasteiger partial charge >= 0.3 is 0 Å². The minimum Gasteiger partial charge on any atom is -0.497 e. The second-order valence-corrected chi connectivity index (χ2v) is 6.44. The van der Waals surface area contributed by atoms with Gasteiger partial charge in [-0.1, -0.05) is 5.16 Å². The maximum Gasteiger partial charge on any atom is 0.254 e. The molecule has 0 radical (unpaired) electrons. The van der Waals surface area contributed by atoms with Gasteiger partial charge in [-0.25, -0.2) is 0 Å². The van der Waals surface area contributed by atoms with Crippen molar-refractivity contribution < 1.29 is 23.5 Å². The Hall–Kier alpha value is -2.61. The summed E-state index contributed by atoms with van der Waals surface area (Å²) in [6.07, 6.45) is 2.37. The van der Waals surface area contributed by atoms with Crippen LogP contribution in [0.5, 0.6) is 11.5 Å². The lowest BCUT2D eigenvalue weighted by Crippen LogP contribution is -2.41. The highest BCUT2D eigenvalue weighted by atomic mass is 16.5. The normalized spacial score (nSPS) is 15.0. The van der Waals surface area contributed by atoms with Crippen LogP contribution in [0.1, 0.15) is 34.9 Å². The number of hydrogen-bond donors (Lipinski definition) is 0. The molecule has 2 aromatic rings. The van der Waals surface area contributed by atoms with Crippen LogP contribution in [0.4, 0.5) is 0 Å². The molecular weight excluding hydrogens is 350 g/mol. The van der Waals surface area contributed by atoms with Gasteiger partial charge in [-0.3, -0.25) is 4.79 Å². The number of hydrogen-bond acceptors (Lipinski definition) is 7. The lowest BCUT2D eigenvalue weighted by atomic mass is 10.1. The van der Waals surface area contributed by atoms with E-state index in [1.807, 2.05) is 4.90 Å². The molecule has 1 aliphatic heterocycles. The van der Waals surface area contributed by atoms with Crippen molar-refractivity contribution in [2.75, 3.05) is 33.9 Å². The average molecular weight is 375 g/mol. The molecule has 8 nitrogen and oxygen atoms in total. The minimum atomic E-state index is -0.0204. The number of aromatic nitrogens is 2. The number of benzene rings is 1. The summed E-state index contributed by atoms with van der Waals surface area (Å²) >= 11 is 0. The van der Waals surface area contributed by atoms with E-state index in [2.05, 4.69) is 10.1 Å². The van der Waals surface area contributed by atoms with E-state index in [9.17, 15) is 4.79 Å². The molecule has 0 aliphatic carbocycles. The molecule has 8 heteroatoms. The van der Waals surface area contributed by atoms with Crippen molar-refractivity contribution in [3.8, 4) is 11.5 Å². The van der Waals surface area contributed by atoms with Crippen molar-refractivity contribution in [3.05, 3.63) is 35.5 Å². The van der Waals surface area contributed by atoms with Crippen LogP contribution in [0, 0.1) is 6.92 Å². The van der Waals surface area contributed by atoms with Crippen molar-refractivity contribution in [1.29, 1.82) is 0 Å². The first-order valence-electron chi connectivity index (χ1n) is 9.02. The quantitative estimate of drug-likeness (QED) is 0.733. The summed E-state index contributed by atoms with van der Waals surface area (Å²) in [6, 6.07) is 5.22. The summed E-state index contributed by atoms with van der Waals surface area (Å²) in [4.78, 5) is 18.8. The molecule has 146 valence electrons. The number of nitrogens with zero attached hydrogens (tertiary/aromatic N) is 3. The predicted octanol–water partition coefficient (Wildman–Crippen LogP) is 2.26. The fourth-order valence-electron chi connectivity index (χ4n) is 3.10. The lowest BCUT2D eigenvalue weighted by Gasteiger charge is -2.32. The smallest absolute Gasteiger partial charge is 0.254 e. The third kappa shape index (κ3) is 4.97. The molecule has 0 bridgehead atoms. The van der Waals surface area contributed by atoms with E-state index in [4.69, 9.17) is 18.7 Å². The Kier molecular flexibility index (Phi) is 6.28. The number of carbonyl (C=O) groups excluding carboxylic acids is 1. The summed E-state index contributed by atoms with van der Waals surface area (Å²) in [5.41, 5.74) is 0.568. The Balaban J connectivity index is 1.49. The second kappa shape index (κ2) is 8.85. The number of rotatable bonds is 7. The zero-order chi connectivity index (χ0) is 19.2. The summed E-state index contributed by atoms with van der Waals surface area (Å²) in [7, 11) is 3.14. The zero-order valence-corrected chi connectivity index (χ0v) is 15.9. The number of piperidine rings is 1. The van der Waals surface area contributed by atoms with Gasteiger partial charge in [-0.05, 0) is 25.0 Å². The molecule has 3 rings (SSSR count). The van der Waals surface area contributed by atoms with E-state index in [0.29, 0.717) is 54.9 Å². The molecule has 1 aromatic carbocycles. The van der Waals surface area contributed by atoms with Crippen LogP contribution < -0.4 is 9.47 Å². The highest BCUT2D eigenvalue weighted by molar-refractivity contribution is 5.95. The Labute approximate surface area is 158 Å². The highest BCUT2D eigenvalue weighted by Gasteiger charge is 2.25. The molecule has 0 N–H and O–H groups in total. The zero-order valence-electron chi connectivity index (χ0n) is 15.9. The van der Waals surface area contributed by atoms with Gasteiger partial charge in [0.1, 0.15) is 11.5 Å². The van der Waals surface area contributed by atoms with Gasteiger partial charge in [0.25, 0.3) is 5.91 Å². The van der Waals surface area contributed by atoms with Gasteiger partial charge in [0, 0.05) is 38.1 Å². The fraction of sp³-hybridized carbons (Fsp3) is 0.526. The first kappa shape index (κ1) is 19.2. The van der Waals surface area contributed by atoms with E-state index in [1.165, 1.54) is 0 Å². The van der Waals surface area contributed by atoms with Crippen molar-refractivity contribution in [3.63, 3.8) is 0 Å². The number of ether oxygens (including phenoxy) is 3. The summed E-state index contributed by atoms with van der Waals surface area (Å²) < 4.78 is 21.3. The molecule has 0 atom stereocenters. The molecule has 1 aliphatic rings. The average Bonchev–Trinajstić information content (AvgIpc) is 3.12. The van der Waals surface area contributed by atoms with Crippen LogP contribution in [0.3, 0.4) is 0 Å².